The van der Waals surface area contributed by atoms with Crippen molar-refractivity contribution < 1.29 is 19.4 Å². The quantitative estimate of drug-likeness (QED) is 0.412. The SMILES string of the molecule is COCC(O)CNC(=O)CNC(=O)[C@@H](N)C(C)C. The van der Waals surface area contributed by atoms with Crippen molar-refractivity contribution >= 4 is 11.8 Å². The fourth-order valence-corrected chi connectivity index (χ4v) is 1.13. The number of nitrogens with one attached hydrogen (secondary N) is 2. The number of methoxy groups -OCH3 is 1. The summed E-state index contributed by atoms with van der Waals surface area (Å²) in [6.07, 6.45) is -0.757. The molecule has 0 fully saturated rings. The van der Waals surface area contributed by atoms with Crippen LogP contribution in [0.3, 0.4) is 0 Å². The van der Waals surface area contributed by atoms with Gasteiger partial charge in [0.25, 0.3) is 0 Å². The fourth-order valence-electron chi connectivity index (χ4n) is 1.13. The topological polar surface area (TPSA) is 114 Å². The van der Waals surface area contributed by atoms with Crippen molar-refractivity contribution in [1.82, 2.24) is 10.6 Å². The summed E-state index contributed by atoms with van der Waals surface area (Å²) < 4.78 is 4.70. The summed E-state index contributed by atoms with van der Waals surface area (Å²) in [4.78, 5) is 22.8. The molecule has 2 atom stereocenters. The molecule has 0 aromatic rings. The molecule has 0 aliphatic carbocycles. The van der Waals surface area contributed by atoms with Crippen LogP contribution in [-0.4, -0.2) is 55.9 Å². The van der Waals surface area contributed by atoms with E-state index in [0.29, 0.717) is 0 Å². The van der Waals surface area contributed by atoms with Gasteiger partial charge in [0.1, 0.15) is 0 Å². The zero-order valence-corrected chi connectivity index (χ0v) is 11.1. The number of hydrogen-bond donors (Lipinski definition) is 4. The summed E-state index contributed by atoms with van der Waals surface area (Å²) in [5.74, 6) is -0.733. The standard InChI is InChI=1S/C11H23N3O4/c1-7(2)10(12)11(17)14-5-9(16)13-4-8(15)6-18-3/h7-8,10,15H,4-6,12H2,1-3H3,(H,13,16)(H,14,17)/t8?,10-/m0/s1. The monoisotopic (exact) mass is 261 g/mol. The number of hydrogen-bond acceptors (Lipinski definition) is 5. The van der Waals surface area contributed by atoms with Gasteiger partial charge in [-0.2, -0.15) is 0 Å². The van der Waals surface area contributed by atoms with E-state index < -0.39 is 12.1 Å². The van der Waals surface area contributed by atoms with Gasteiger partial charge in [0, 0.05) is 13.7 Å². The van der Waals surface area contributed by atoms with Gasteiger partial charge in [0.15, 0.2) is 0 Å². The van der Waals surface area contributed by atoms with Crippen molar-refractivity contribution in [3.05, 3.63) is 0 Å². The Bertz CT molecular complexity index is 271. The average Bonchev–Trinajstić information content (AvgIpc) is 2.32. The van der Waals surface area contributed by atoms with Crippen LogP contribution < -0.4 is 16.4 Å². The Morgan fingerprint density at radius 1 is 1.33 bits per heavy atom. The number of ether oxygens (including phenoxy) is 1. The van der Waals surface area contributed by atoms with E-state index in [1.807, 2.05) is 13.8 Å². The van der Waals surface area contributed by atoms with Gasteiger partial charge in [-0.1, -0.05) is 13.8 Å². The summed E-state index contributed by atoms with van der Waals surface area (Å²) in [6.45, 7) is 3.72. The highest BCUT2D eigenvalue weighted by Gasteiger charge is 2.17. The molecule has 1 unspecified atom stereocenters. The van der Waals surface area contributed by atoms with Crippen LogP contribution >= 0.6 is 0 Å². The normalized spacial score (nSPS) is 14.1. The molecular formula is C11H23N3O4. The van der Waals surface area contributed by atoms with Crippen molar-refractivity contribution in [2.75, 3.05) is 26.8 Å². The van der Waals surface area contributed by atoms with Crippen LogP contribution in [-0.2, 0) is 14.3 Å². The number of nitrogens with two attached hydrogens (primary N) is 1. The highest BCUT2D eigenvalue weighted by Crippen LogP contribution is 1.97. The molecule has 0 aromatic carbocycles. The molecule has 18 heavy (non-hydrogen) atoms. The molecule has 7 heteroatoms. The predicted octanol–water partition coefficient (Wildman–Crippen LogP) is -1.79. The molecule has 0 saturated carbocycles. The lowest BCUT2D eigenvalue weighted by Crippen LogP contribution is -2.48. The first-order chi connectivity index (χ1) is 8.38. The van der Waals surface area contributed by atoms with E-state index in [4.69, 9.17) is 10.5 Å². The largest absolute Gasteiger partial charge is 0.389 e. The Balaban J connectivity index is 3.80. The molecule has 5 N–H and O–H groups in total. The third-order valence-corrected chi connectivity index (χ3v) is 2.34. The predicted molar refractivity (Wildman–Crippen MR) is 66.7 cm³/mol. The summed E-state index contributed by atoms with van der Waals surface area (Å²) >= 11 is 0. The Kier molecular flexibility index (Phi) is 8.27. The second-order valence-electron chi connectivity index (χ2n) is 4.40. The van der Waals surface area contributed by atoms with Gasteiger partial charge in [-0.25, -0.2) is 0 Å². The molecule has 2 amide bonds. The Morgan fingerprint density at radius 2 is 1.94 bits per heavy atom. The van der Waals surface area contributed by atoms with Gasteiger partial charge in [-0.15, -0.1) is 0 Å². The number of amides is 2. The van der Waals surface area contributed by atoms with Crippen molar-refractivity contribution in [2.24, 2.45) is 11.7 Å². The van der Waals surface area contributed by atoms with Crippen LogP contribution in [0, 0.1) is 5.92 Å². The maximum absolute atomic E-state index is 11.4. The molecule has 0 saturated heterocycles. The third kappa shape index (κ3) is 7.21. The number of carbonyl (C=O) groups is 2. The van der Waals surface area contributed by atoms with E-state index in [0.717, 1.165) is 0 Å². The molecule has 0 aliphatic heterocycles. The Morgan fingerprint density at radius 3 is 2.44 bits per heavy atom. The average molecular weight is 261 g/mol. The summed E-state index contributed by atoms with van der Waals surface area (Å²) in [7, 11) is 1.46. The second kappa shape index (κ2) is 8.84. The van der Waals surface area contributed by atoms with Crippen molar-refractivity contribution in [3.63, 3.8) is 0 Å². The van der Waals surface area contributed by atoms with Crippen LogP contribution in [0.1, 0.15) is 13.8 Å². The number of rotatable bonds is 8. The first kappa shape index (κ1) is 16.8. The number of aliphatic hydroxyl groups excluding tert-OH is 1. The molecule has 7 nitrogen and oxygen atoms in total. The molecule has 0 spiro atoms. The van der Waals surface area contributed by atoms with Gasteiger partial charge in [-0.05, 0) is 5.92 Å². The van der Waals surface area contributed by atoms with Crippen LogP contribution in [0.25, 0.3) is 0 Å². The van der Waals surface area contributed by atoms with E-state index in [9.17, 15) is 14.7 Å². The maximum atomic E-state index is 11.4. The summed E-state index contributed by atoms with van der Waals surface area (Å²) in [6, 6.07) is -0.628. The zero-order valence-electron chi connectivity index (χ0n) is 11.1. The van der Waals surface area contributed by atoms with E-state index in [1.54, 1.807) is 0 Å². The molecule has 0 bridgehead atoms. The van der Waals surface area contributed by atoms with Crippen molar-refractivity contribution in [2.45, 2.75) is 26.0 Å². The minimum Gasteiger partial charge on any atom is -0.389 e. The molecule has 0 heterocycles. The molecule has 0 radical (unpaired) electrons. The fraction of sp³-hybridized carbons (Fsp3) is 0.818. The van der Waals surface area contributed by atoms with E-state index in [-0.39, 0.29) is 37.4 Å². The smallest absolute Gasteiger partial charge is 0.239 e. The van der Waals surface area contributed by atoms with E-state index in [1.165, 1.54) is 7.11 Å². The van der Waals surface area contributed by atoms with Crippen LogP contribution in [0.4, 0.5) is 0 Å². The minimum absolute atomic E-state index is 0.0107. The highest BCUT2D eigenvalue weighted by molar-refractivity contribution is 5.87. The molecule has 0 aliphatic rings. The number of carbonyl (C=O) groups excluding carboxylic acids is 2. The van der Waals surface area contributed by atoms with Crippen molar-refractivity contribution in [1.29, 1.82) is 0 Å². The number of aliphatic hydroxyl groups is 1. The summed E-state index contributed by atoms with van der Waals surface area (Å²) in [5, 5.41) is 14.2. The lowest BCUT2D eigenvalue weighted by Gasteiger charge is -2.15. The Labute approximate surface area is 107 Å². The first-order valence-corrected chi connectivity index (χ1v) is 5.85. The van der Waals surface area contributed by atoms with E-state index in [2.05, 4.69) is 10.6 Å². The lowest BCUT2D eigenvalue weighted by molar-refractivity contribution is -0.127. The minimum atomic E-state index is -0.757. The maximum Gasteiger partial charge on any atom is 0.239 e. The van der Waals surface area contributed by atoms with Crippen LogP contribution in [0.15, 0.2) is 0 Å². The van der Waals surface area contributed by atoms with Crippen LogP contribution in [0.5, 0.6) is 0 Å². The van der Waals surface area contributed by atoms with Crippen molar-refractivity contribution in [3.8, 4) is 0 Å². The van der Waals surface area contributed by atoms with Gasteiger partial charge in [0.2, 0.25) is 11.8 Å². The van der Waals surface area contributed by atoms with Gasteiger partial charge in [-0.3, -0.25) is 9.59 Å². The Hall–Kier alpha value is -1.18. The lowest BCUT2D eigenvalue weighted by atomic mass is 10.1. The zero-order chi connectivity index (χ0) is 14.1. The molecular weight excluding hydrogens is 238 g/mol. The van der Waals surface area contributed by atoms with Crippen LogP contribution in [0.2, 0.25) is 0 Å². The third-order valence-electron chi connectivity index (χ3n) is 2.34. The first-order valence-electron chi connectivity index (χ1n) is 5.85. The molecule has 106 valence electrons. The van der Waals surface area contributed by atoms with Gasteiger partial charge < -0.3 is 26.2 Å². The molecule has 0 rings (SSSR count). The van der Waals surface area contributed by atoms with Gasteiger partial charge in [0.05, 0.1) is 25.3 Å². The molecule has 0 aromatic heterocycles. The summed E-state index contributed by atoms with van der Waals surface area (Å²) in [5.41, 5.74) is 5.61. The second-order valence-corrected chi connectivity index (χ2v) is 4.40. The highest BCUT2D eigenvalue weighted by atomic mass is 16.5. The van der Waals surface area contributed by atoms with E-state index >= 15 is 0 Å². The van der Waals surface area contributed by atoms with Gasteiger partial charge >= 0.3 is 0 Å².